The summed E-state index contributed by atoms with van der Waals surface area (Å²) in [5.41, 5.74) is -0.132. The van der Waals surface area contributed by atoms with E-state index in [1.807, 2.05) is 33.8 Å². The third-order valence-electron chi connectivity index (χ3n) is 4.12. The highest BCUT2D eigenvalue weighted by molar-refractivity contribution is 7.91. The third kappa shape index (κ3) is 2.64. The van der Waals surface area contributed by atoms with Gasteiger partial charge in [0.15, 0.2) is 9.84 Å². The van der Waals surface area contributed by atoms with E-state index in [1.54, 1.807) is 25.1 Å². The van der Waals surface area contributed by atoms with Gasteiger partial charge < -0.3 is 9.31 Å². The maximum atomic E-state index is 11.9. The van der Waals surface area contributed by atoms with E-state index in [0.717, 1.165) is 5.46 Å². The second-order valence-electron chi connectivity index (χ2n) is 6.06. The van der Waals surface area contributed by atoms with E-state index >= 15 is 0 Å². The van der Waals surface area contributed by atoms with Crippen molar-refractivity contribution in [3.63, 3.8) is 0 Å². The molecule has 0 atom stereocenters. The highest BCUT2D eigenvalue weighted by Crippen LogP contribution is 2.36. The summed E-state index contributed by atoms with van der Waals surface area (Å²) in [5, 5.41) is 0. The quantitative estimate of drug-likeness (QED) is 0.798. The number of benzene rings is 1. The van der Waals surface area contributed by atoms with Crippen molar-refractivity contribution in [2.45, 2.75) is 50.7 Å². The molecular formula is C14H21BO4S. The van der Waals surface area contributed by atoms with Gasteiger partial charge in [0.1, 0.15) is 0 Å². The molecule has 1 heterocycles. The van der Waals surface area contributed by atoms with Crippen LogP contribution in [-0.4, -0.2) is 32.5 Å². The summed E-state index contributed by atoms with van der Waals surface area (Å²) in [6, 6.07) is 6.80. The monoisotopic (exact) mass is 296 g/mol. The van der Waals surface area contributed by atoms with Gasteiger partial charge in [0.2, 0.25) is 0 Å². The normalized spacial score (nSPS) is 21.1. The Labute approximate surface area is 121 Å². The van der Waals surface area contributed by atoms with E-state index in [2.05, 4.69) is 0 Å². The Hall–Kier alpha value is -0.845. The topological polar surface area (TPSA) is 52.6 Å². The first-order valence-electron chi connectivity index (χ1n) is 6.77. The van der Waals surface area contributed by atoms with E-state index in [0.29, 0.717) is 4.90 Å². The largest absolute Gasteiger partial charge is 0.494 e. The first kappa shape index (κ1) is 15.5. The van der Waals surface area contributed by atoms with Crippen LogP contribution in [0.15, 0.2) is 29.2 Å². The number of hydrogen-bond acceptors (Lipinski definition) is 4. The molecule has 1 aliphatic heterocycles. The minimum Gasteiger partial charge on any atom is -0.399 e. The maximum Gasteiger partial charge on any atom is 0.494 e. The minimum absolute atomic E-state index is 0.0832. The molecule has 0 spiro atoms. The van der Waals surface area contributed by atoms with E-state index in [-0.39, 0.29) is 5.75 Å². The third-order valence-corrected chi connectivity index (χ3v) is 5.85. The molecule has 0 radical (unpaired) electrons. The molecule has 0 aromatic heterocycles. The fraction of sp³-hybridized carbons (Fsp3) is 0.571. The zero-order chi connectivity index (χ0) is 15.2. The fourth-order valence-corrected chi connectivity index (χ4v) is 2.94. The molecule has 1 aromatic rings. The number of hydrogen-bond donors (Lipinski definition) is 0. The van der Waals surface area contributed by atoms with Gasteiger partial charge in [0.25, 0.3) is 0 Å². The lowest BCUT2D eigenvalue weighted by molar-refractivity contribution is 0.00578. The zero-order valence-corrected chi connectivity index (χ0v) is 13.5. The molecule has 0 aliphatic carbocycles. The van der Waals surface area contributed by atoms with Crippen molar-refractivity contribution < 1.29 is 17.7 Å². The Balaban J connectivity index is 2.35. The molecule has 1 aliphatic rings. The van der Waals surface area contributed by atoms with Crippen LogP contribution in [0.4, 0.5) is 0 Å². The predicted octanol–water partition coefficient (Wildman–Crippen LogP) is 1.78. The van der Waals surface area contributed by atoms with Gasteiger partial charge >= 0.3 is 7.12 Å². The molecule has 1 aromatic carbocycles. The van der Waals surface area contributed by atoms with Gasteiger partial charge in [0, 0.05) is 0 Å². The average Bonchev–Trinajstić information content (AvgIpc) is 2.59. The van der Waals surface area contributed by atoms with Gasteiger partial charge in [0.05, 0.1) is 21.9 Å². The zero-order valence-electron chi connectivity index (χ0n) is 12.6. The molecule has 110 valence electrons. The Bertz CT molecular complexity index is 591. The molecule has 4 nitrogen and oxygen atoms in total. The first-order chi connectivity index (χ1) is 9.09. The molecule has 20 heavy (non-hydrogen) atoms. The summed E-state index contributed by atoms with van der Waals surface area (Å²) in [6.45, 7) is 9.52. The Kier molecular flexibility index (Phi) is 3.78. The molecule has 0 saturated carbocycles. The summed E-state index contributed by atoms with van der Waals surface area (Å²) in [6.07, 6.45) is 0. The lowest BCUT2D eigenvalue weighted by atomic mass is 9.79. The second-order valence-corrected chi connectivity index (χ2v) is 8.34. The summed E-state index contributed by atoms with van der Waals surface area (Å²) in [5.74, 6) is 0.0832. The average molecular weight is 296 g/mol. The van der Waals surface area contributed by atoms with E-state index in [9.17, 15) is 8.42 Å². The lowest BCUT2D eigenvalue weighted by Gasteiger charge is -2.32. The molecule has 1 fully saturated rings. The molecule has 6 heteroatoms. The molecule has 2 rings (SSSR count). The van der Waals surface area contributed by atoms with Crippen LogP contribution in [0.5, 0.6) is 0 Å². The van der Waals surface area contributed by atoms with Gasteiger partial charge in [-0.1, -0.05) is 19.1 Å². The van der Waals surface area contributed by atoms with Crippen molar-refractivity contribution in [3.8, 4) is 0 Å². The molecule has 0 amide bonds. The molecule has 0 N–H and O–H groups in total. The number of rotatable bonds is 3. The van der Waals surface area contributed by atoms with Crippen molar-refractivity contribution in [3.05, 3.63) is 24.3 Å². The Morgan fingerprint density at radius 3 is 2.15 bits per heavy atom. The number of sulfone groups is 1. The summed E-state index contributed by atoms with van der Waals surface area (Å²) in [4.78, 5) is 0.312. The highest BCUT2D eigenvalue weighted by atomic mass is 32.2. The highest BCUT2D eigenvalue weighted by Gasteiger charge is 2.51. The second kappa shape index (κ2) is 4.86. The van der Waals surface area contributed by atoms with Crippen molar-refractivity contribution in [1.29, 1.82) is 0 Å². The SMILES string of the molecule is CCS(=O)(=O)c1cccc(B2OC(C)(C)C(C)(C)O2)c1. The van der Waals surface area contributed by atoms with Crippen molar-refractivity contribution in [1.82, 2.24) is 0 Å². The fourth-order valence-electron chi connectivity index (χ4n) is 2.00. The van der Waals surface area contributed by atoms with Crippen LogP contribution in [0.1, 0.15) is 34.6 Å². The smallest absolute Gasteiger partial charge is 0.399 e. The molecular weight excluding hydrogens is 275 g/mol. The van der Waals surface area contributed by atoms with Crippen LogP contribution in [0, 0.1) is 0 Å². The van der Waals surface area contributed by atoms with Gasteiger partial charge in [-0.25, -0.2) is 8.42 Å². The van der Waals surface area contributed by atoms with Crippen LogP contribution in [0.3, 0.4) is 0 Å². The molecule has 0 unspecified atom stereocenters. The summed E-state index contributed by atoms with van der Waals surface area (Å²) >= 11 is 0. The van der Waals surface area contributed by atoms with Gasteiger partial charge in [-0.2, -0.15) is 0 Å². The summed E-state index contributed by atoms with van der Waals surface area (Å²) in [7, 11) is -3.75. The van der Waals surface area contributed by atoms with Gasteiger partial charge in [-0.15, -0.1) is 0 Å². The van der Waals surface area contributed by atoms with Gasteiger partial charge in [-0.3, -0.25) is 0 Å². The van der Waals surface area contributed by atoms with Crippen molar-refractivity contribution >= 4 is 22.4 Å². The Morgan fingerprint density at radius 2 is 1.65 bits per heavy atom. The van der Waals surface area contributed by atoms with E-state index in [1.165, 1.54) is 0 Å². The van der Waals surface area contributed by atoms with Crippen LogP contribution in [0.2, 0.25) is 0 Å². The standard InChI is InChI=1S/C14H21BO4S/c1-6-20(16,17)12-9-7-8-11(10-12)15-18-13(2,3)14(4,5)19-15/h7-10H,6H2,1-5H3. The lowest BCUT2D eigenvalue weighted by Crippen LogP contribution is -2.41. The van der Waals surface area contributed by atoms with Gasteiger partial charge in [-0.05, 0) is 45.3 Å². The van der Waals surface area contributed by atoms with Crippen LogP contribution < -0.4 is 5.46 Å². The molecule has 0 bridgehead atoms. The van der Waals surface area contributed by atoms with Crippen LogP contribution in [-0.2, 0) is 19.1 Å². The van der Waals surface area contributed by atoms with Crippen LogP contribution in [0.25, 0.3) is 0 Å². The van der Waals surface area contributed by atoms with E-state index in [4.69, 9.17) is 9.31 Å². The minimum atomic E-state index is -3.22. The van der Waals surface area contributed by atoms with Crippen LogP contribution >= 0.6 is 0 Å². The predicted molar refractivity (Wildman–Crippen MR) is 79.9 cm³/mol. The van der Waals surface area contributed by atoms with E-state index < -0.39 is 28.2 Å². The first-order valence-corrected chi connectivity index (χ1v) is 8.43. The van der Waals surface area contributed by atoms with Crippen molar-refractivity contribution in [2.75, 3.05) is 5.75 Å². The summed E-state index contributed by atoms with van der Waals surface area (Å²) < 4.78 is 35.8. The van der Waals surface area contributed by atoms with Crippen molar-refractivity contribution in [2.24, 2.45) is 0 Å². The Morgan fingerprint density at radius 1 is 1.10 bits per heavy atom. The maximum absolute atomic E-state index is 11.9. The molecule has 1 saturated heterocycles.